The van der Waals surface area contributed by atoms with Gasteiger partial charge in [0.05, 0.1) is 18.0 Å². The average Bonchev–Trinajstić information content (AvgIpc) is 2.95. The monoisotopic (exact) mass is 407 g/mol. The van der Waals surface area contributed by atoms with Crippen molar-refractivity contribution in [2.75, 3.05) is 20.2 Å². The molecule has 2 aromatic rings. The van der Waals surface area contributed by atoms with E-state index in [0.717, 1.165) is 16.7 Å². The van der Waals surface area contributed by atoms with Crippen LogP contribution in [0.1, 0.15) is 23.7 Å². The van der Waals surface area contributed by atoms with E-state index in [1.165, 1.54) is 13.0 Å². The maximum Gasteiger partial charge on any atom is 0.489 e. The topological polar surface area (TPSA) is 57.5 Å². The third kappa shape index (κ3) is 3.14. The lowest BCUT2D eigenvalue weighted by Crippen LogP contribution is -2.48. The van der Waals surface area contributed by atoms with Crippen molar-refractivity contribution < 1.29 is 23.1 Å². The Hall–Kier alpha value is -2.32. The highest BCUT2D eigenvalue weighted by atomic mass is 19.4. The summed E-state index contributed by atoms with van der Waals surface area (Å²) in [6.07, 6.45) is -2.12. The fourth-order valence-electron chi connectivity index (χ4n) is 4.70. The summed E-state index contributed by atoms with van der Waals surface area (Å²) in [6.45, 7) is 3.57. The molecule has 1 aliphatic carbocycles. The van der Waals surface area contributed by atoms with Crippen molar-refractivity contribution in [1.82, 2.24) is 14.8 Å². The summed E-state index contributed by atoms with van der Waals surface area (Å²) in [4.78, 5) is 14.7. The number of alkyl halides is 3. The van der Waals surface area contributed by atoms with Crippen LogP contribution in [0.3, 0.4) is 0 Å². The first-order valence-corrected chi connectivity index (χ1v) is 9.67. The highest BCUT2D eigenvalue weighted by molar-refractivity contribution is 6.00. The van der Waals surface area contributed by atoms with E-state index in [9.17, 15) is 23.1 Å². The van der Waals surface area contributed by atoms with Crippen LogP contribution in [-0.4, -0.2) is 52.8 Å². The lowest BCUT2D eigenvalue weighted by atomic mass is 9.79. The number of aromatic nitrogens is 1. The van der Waals surface area contributed by atoms with E-state index < -0.39 is 12.2 Å². The lowest BCUT2D eigenvalue weighted by molar-refractivity contribution is -0.201. The smallest absolute Gasteiger partial charge is 0.394 e. The molecule has 2 aliphatic rings. The van der Waals surface area contributed by atoms with Crippen molar-refractivity contribution >= 4 is 22.4 Å². The van der Waals surface area contributed by atoms with Gasteiger partial charge >= 0.3 is 6.30 Å². The maximum atomic E-state index is 13.7. The summed E-state index contributed by atoms with van der Waals surface area (Å²) in [7, 11) is 1.90. The number of fused-ring (bicyclic) bond motifs is 2. The summed E-state index contributed by atoms with van der Waals surface area (Å²) in [5.41, 5.74) is 2.76. The van der Waals surface area contributed by atoms with Gasteiger partial charge in [0.1, 0.15) is 0 Å². The minimum Gasteiger partial charge on any atom is -0.394 e. The van der Waals surface area contributed by atoms with Crippen LogP contribution in [0.4, 0.5) is 13.2 Å². The second-order valence-corrected chi connectivity index (χ2v) is 8.05. The molecule has 0 fully saturated rings. The van der Waals surface area contributed by atoms with Crippen LogP contribution in [0.25, 0.3) is 16.5 Å². The number of aliphatic hydroxyl groups excluding tert-OH is 1. The number of carbonyl (C=O) groups is 1. The minimum absolute atomic E-state index is 0.0739. The quantitative estimate of drug-likeness (QED) is 0.823. The summed E-state index contributed by atoms with van der Waals surface area (Å²) in [6, 6.07) is 4.56. The van der Waals surface area contributed by atoms with Gasteiger partial charge in [-0.3, -0.25) is 14.3 Å². The zero-order valence-electron chi connectivity index (χ0n) is 16.5. The number of nitrogens with zero attached hydrogens (tertiary/aromatic N) is 2. The van der Waals surface area contributed by atoms with Gasteiger partial charge in [0.25, 0.3) is 0 Å². The predicted molar refractivity (Wildman–Crippen MR) is 104 cm³/mol. The van der Waals surface area contributed by atoms with Crippen molar-refractivity contribution in [3.8, 4) is 0 Å². The molecule has 2 heterocycles. The van der Waals surface area contributed by atoms with E-state index in [1.54, 1.807) is 13.0 Å². The van der Waals surface area contributed by atoms with Crippen LogP contribution in [-0.2, 0) is 17.5 Å². The number of halogens is 3. The first kappa shape index (κ1) is 20.0. The molecule has 1 aromatic carbocycles. The van der Waals surface area contributed by atoms with Gasteiger partial charge in [-0.15, -0.1) is 13.2 Å². The molecule has 1 aromatic heterocycles. The third-order valence-electron chi connectivity index (χ3n) is 6.08. The Morgan fingerprint density at radius 2 is 2.10 bits per heavy atom. The fourth-order valence-corrected chi connectivity index (χ4v) is 4.70. The number of likely N-dealkylation sites (N-methyl/N-ethyl adjacent to an activating group) is 1. The molecule has 0 saturated heterocycles. The molecule has 1 aliphatic heterocycles. The van der Waals surface area contributed by atoms with E-state index in [4.69, 9.17) is 0 Å². The van der Waals surface area contributed by atoms with E-state index in [2.05, 4.69) is 5.32 Å². The molecule has 2 N–H and O–H groups in total. The molecule has 156 valence electrons. The Kier molecular flexibility index (Phi) is 4.74. The normalized spacial score (nSPS) is 22.9. The second kappa shape index (κ2) is 6.88. The van der Waals surface area contributed by atoms with E-state index in [0.29, 0.717) is 22.9 Å². The Bertz CT molecular complexity index is 1010. The molecular formula is C21H24F3N3O2. The molecule has 3 atom stereocenters. The molecule has 4 rings (SSSR count). The van der Waals surface area contributed by atoms with Crippen LogP contribution < -0.4 is 5.32 Å². The van der Waals surface area contributed by atoms with Gasteiger partial charge in [0.15, 0.2) is 0 Å². The summed E-state index contributed by atoms with van der Waals surface area (Å²) >= 11 is 0. The van der Waals surface area contributed by atoms with Crippen molar-refractivity contribution in [1.29, 1.82) is 0 Å². The molecule has 2 unspecified atom stereocenters. The van der Waals surface area contributed by atoms with E-state index in [-0.39, 0.29) is 35.8 Å². The minimum atomic E-state index is -4.49. The zero-order valence-corrected chi connectivity index (χ0v) is 16.5. The third-order valence-corrected chi connectivity index (χ3v) is 6.08. The van der Waals surface area contributed by atoms with Gasteiger partial charge in [-0.05, 0) is 50.1 Å². The highest BCUT2D eigenvalue weighted by Crippen LogP contribution is 2.45. The average molecular weight is 407 g/mol. The van der Waals surface area contributed by atoms with Crippen molar-refractivity contribution in [3.05, 3.63) is 41.1 Å². The zero-order chi connectivity index (χ0) is 21.1. The van der Waals surface area contributed by atoms with Gasteiger partial charge < -0.3 is 10.4 Å². The first-order valence-electron chi connectivity index (χ1n) is 9.67. The Morgan fingerprint density at radius 3 is 2.76 bits per heavy atom. The van der Waals surface area contributed by atoms with Crippen LogP contribution in [0.5, 0.6) is 0 Å². The van der Waals surface area contributed by atoms with Crippen molar-refractivity contribution in [2.24, 2.45) is 5.92 Å². The Balaban J connectivity index is 1.85. The largest absolute Gasteiger partial charge is 0.489 e. The molecule has 0 saturated carbocycles. The molecule has 29 heavy (non-hydrogen) atoms. The maximum absolute atomic E-state index is 13.7. The number of aliphatic hydroxyl groups is 1. The summed E-state index contributed by atoms with van der Waals surface area (Å²) < 4.78 is 41.6. The van der Waals surface area contributed by atoms with Gasteiger partial charge in [-0.2, -0.15) is 0 Å². The molecule has 8 heteroatoms. The van der Waals surface area contributed by atoms with E-state index in [1.807, 2.05) is 24.1 Å². The van der Waals surface area contributed by atoms with E-state index >= 15 is 0 Å². The first-order chi connectivity index (χ1) is 13.6. The summed E-state index contributed by atoms with van der Waals surface area (Å²) in [5.74, 6) is -0.616. The van der Waals surface area contributed by atoms with Gasteiger partial charge in [-0.25, -0.2) is 0 Å². The molecule has 0 radical (unpaired) electrons. The number of rotatable bonds is 3. The number of nitrogens with one attached hydrogen (secondary N) is 1. The van der Waals surface area contributed by atoms with Gasteiger partial charge in [-0.1, -0.05) is 18.2 Å². The number of hydrogen-bond acceptors (Lipinski definition) is 3. The Morgan fingerprint density at radius 1 is 1.38 bits per heavy atom. The van der Waals surface area contributed by atoms with Crippen molar-refractivity contribution in [2.45, 2.75) is 38.7 Å². The highest BCUT2D eigenvalue weighted by Gasteiger charge is 2.41. The summed E-state index contributed by atoms with van der Waals surface area (Å²) in [5, 5.41) is 12.6. The molecule has 0 bridgehead atoms. The van der Waals surface area contributed by atoms with Gasteiger partial charge in [0.2, 0.25) is 5.91 Å². The number of benzene rings is 1. The molecule has 0 spiro atoms. The number of amides is 1. The fraction of sp³-hybridized carbons (Fsp3) is 0.476. The lowest BCUT2D eigenvalue weighted by Gasteiger charge is -2.39. The van der Waals surface area contributed by atoms with Crippen LogP contribution in [0, 0.1) is 12.8 Å². The standard InChI is InChI=1S/C21H24F3N3O2/c1-11(10-28)25-20(29)13-7-16-14-5-4-6-17-19(14)15(8-18(16)26(3)9-13)12(2)27(17)21(22,23)24/h4-7,11,13,18,28H,8-10H2,1-3H3,(H,25,29)/t11?,13?,18-/m1/s1. The SMILES string of the molecule is Cc1c2c3c(cccc3n1C(F)(F)F)C1=CC(C(=O)NC(C)CO)CN(C)[C@@H]1C2. The van der Waals surface area contributed by atoms with Crippen LogP contribution >= 0.6 is 0 Å². The Labute approximate surface area is 166 Å². The van der Waals surface area contributed by atoms with Crippen LogP contribution in [0.15, 0.2) is 24.3 Å². The van der Waals surface area contributed by atoms with Crippen molar-refractivity contribution in [3.63, 3.8) is 0 Å². The predicted octanol–water partition coefficient (Wildman–Crippen LogP) is 2.79. The second-order valence-electron chi connectivity index (χ2n) is 8.05. The number of hydrogen-bond donors (Lipinski definition) is 2. The molecule has 5 nitrogen and oxygen atoms in total. The number of carbonyl (C=O) groups excluding carboxylic acids is 1. The van der Waals surface area contributed by atoms with Gasteiger partial charge in [0, 0.05) is 29.7 Å². The molecular weight excluding hydrogens is 383 g/mol. The molecule has 1 amide bonds. The van der Waals surface area contributed by atoms with Crippen LogP contribution in [0.2, 0.25) is 0 Å².